The minimum atomic E-state index is -0.534. The van der Waals surface area contributed by atoms with Gasteiger partial charge in [-0.15, -0.1) is 0 Å². The fraction of sp³-hybridized carbons (Fsp3) is 0.0870. The molecule has 0 aliphatic heterocycles. The Kier molecular flexibility index (Phi) is 5.73. The molecule has 0 aliphatic rings. The molecule has 0 saturated carbocycles. The van der Waals surface area contributed by atoms with Gasteiger partial charge < -0.3 is 15.4 Å². The minimum Gasteiger partial charge on any atom is -0.426 e. The zero-order valence-electron chi connectivity index (χ0n) is 17.8. The van der Waals surface area contributed by atoms with E-state index in [9.17, 15) is 20.1 Å². The minimum absolute atomic E-state index is 0.139. The lowest BCUT2D eigenvalue weighted by molar-refractivity contribution is -0.384. The molecule has 0 spiro atoms. The normalized spacial score (nSPS) is 11.1. The van der Waals surface area contributed by atoms with Crippen molar-refractivity contribution in [3.8, 4) is 11.4 Å². The van der Waals surface area contributed by atoms with E-state index in [-0.39, 0.29) is 22.9 Å². The second kappa shape index (κ2) is 8.79. The van der Waals surface area contributed by atoms with Gasteiger partial charge in [0.25, 0.3) is 5.69 Å². The quantitative estimate of drug-likeness (QED) is 0.199. The number of aromatic nitrogens is 3. The number of nitrogens with zero attached hydrogens (tertiary/aromatic N) is 5. The van der Waals surface area contributed by atoms with E-state index < -0.39 is 4.92 Å². The molecule has 33 heavy (non-hydrogen) atoms. The number of benzene rings is 2. The van der Waals surface area contributed by atoms with E-state index in [0.29, 0.717) is 16.8 Å². The number of anilines is 2. The van der Waals surface area contributed by atoms with Gasteiger partial charge in [-0.2, -0.15) is 4.73 Å². The molecule has 4 aromatic rings. The van der Waals surface area contributed by atoms with Gasteiger partial charge in [0.05, 0.1) is 10.4 Å². The molecule has 1 amide bonds. The first kappa shape index (κ1) is 21.5. The Morgan fingerprint density at radius 2 is 1.91 bits per heavy atom. The van der Waals surface area contributed by atoms with Crippen molar-refractivity contribution in [2.45, 2.75) is 0 Å². The number of nitro benzene ring substituents is 1. The maximum absolute atomic E-state index is 12.2. The number of non-ortho nitro benzene ring substituents is 1. The molecule has 0 fully saturated rings. The topological polar surface area (TPSA) is 126 Å². The van der Waals surface area contributed by atoms with Crippen LogP contribution in [0.25, 0.3) is 28.5 Å². The Labute approximate surface area is 188 Å². The van der Waals surface area contributed by atoms with Gasteiger partial charge >= 0.3 is 0 Å². The van der Waals surface area contributed by atoms with Crippen LogP contribution < -0.4 is 10.2 Å². The van der Waals surface area contributed by atoms with Gasteiger partial charge in [-0.1, -0.05) is 0 Å². The SMILES string of the molecule is CN(C)c1ccc(/C=C/C(=O)Nc2ccc(-c3nc4ccc([N+](=O)[O-])cc4n3O)cc2)cn1. The first-order valence-corrected chi connectivity index (χ1v) is 9.91. The van der Waals surface area contributed by atoms with E-state index in [0.717, 1.165) is 16.1 Å². The molecule has 2 aromatic carbocycles. The second-order valence-corrected chi connectivity index (χ2v) is 7.42. The Balaban J connectivity index is 1.46. The van der Waals surface area contributed by atoms with Crippen molar-refractivity contribution >= 4 is 40.2 Å². The fourth-order valence-electron chi connectivity index (χ4n) is 3.17. The van der Waals surface area contributed by atoms with Gasteiger partial charge in [0, 0.05) is 49.8 Å². The van der Waals surface area contributed by atoms with Crippen LogP contribution in [0.5, 0.6) is 0 Å². The number of nitro groups is 1. The van der Waals surface area contributed by atoms with Gasteiger partial charge in [0.15, 0.2) is 5.82 Å². The summed E-state index contributed by atoms with van der Waals surface area (Å²) in [6.45, 7) is 0. The highest BCUT2D eigenvalue weighted by molar-refractivity contribution is 6.02. The zero-order valence-corrected chi connectivity index (χ0v) is 17.8. The third-order valence-corrected chi connectivity index (χ3v) is 4.89. The number of pyridine rings is 1. The van der Waals surface area contributed by atoms with E-state index in [1.54, 1.807) is 36.5 Å². The molecule has 10 heteroatoms. The number of rotatable bonds is 6. The van der Waals surface area contributed by atoms with Crippen molar-refractivity contribution in [3.05, 3.63) is 82.5 Å². The van der Waals surface area contributed by atoms with Crippen molar-refractivity contribution in [2.24, 2.45) is 0 Å². The maximum atomic E-state index is 12.2. The summed E-state index contributed by atoms with van der Waals surface area (Å²) >= 11 is 0. The van der Waals surface area contributed by atoms with Gasteiger partial charge in [0.1, 0.15) is 11.3 Å². The highest BCUT2D eigenvalue weighted by Gasteiger charge is 2.15. The van der Waals surface area contributed by atoms with Gasteiger partial charge in [-0.05, 0) is 54.1 Å². The smallest absolute Gasteiger partial charge is 0.271 e. The largest absolute Gasteiger partial charge is 0.426 e. The maximum Gasteiger partial charge on any atom is 0.271 e. The van der Waals surface area contributed by atoms with Crippen LogP contribution in [0.4, 0.5) is 17.2 Å². The first-order chi connectivity index (χ1) is 15.8. The van der Waals surface area contributed by atoms with Crippen LogP contribution in [-0.2, 0) is 4.79 Å². The number of nitrogens with one attached hydrogen (secondary N) is 1. The number of carbonyl (C=O) groups is 1. The van der Waals surface area contributed by atoms with E-state index >= 15 is 0 Å². The molecule has 2 N–H and O–H groups in total. The predicted octanol–water partition coefficient (Wildman–Crippen LogP) is 3.96. The zero-order chi connectivity index (χ0) is 23.5. The van der Waals surface area contributed by atoms with E-state index in [1.807, 2.05) is 31.1 Å². The Bertz CT molecular complexity index is 1360. The Hall–Kier alpha value is -4.73. The number of fused-ring (bicyclic) bond motifs is 1. The summed E-state index contributed by atoms with van der Waals surface area (Å²) in [6, 6.07) is 14.5. The highest BCUT2D eigenvalue weighted by Crippen LogP contribution is 2.27. The van der Waals surface area contributed by atoms with Crippen LogP contribution in [-0.4, -0.2) is 44.8 Å². The predicted molar refractivity (Wildman–Crippen MR) is 125 cm³/mol. The van der Waals surface area contributed by atoms with Crippen LogP contribution >= 0.6 is 0 Å². The van der Waals surface area contributed by atoms with Crippen molar-refractivity contribution in [2.75, 3.05) is 24.3 Å². The summed E-state index contributed by atoms with van der Waals surface area (Å²) in [4.78, 5) is 33.2. The monoisotopic (exact) mass is 444 g/mol. The number of imidazole rings is 1. The molecule has 2 aromatic heterocycles. The number of amides is 1. The van der Waals surface area contributed by atoms with Gasteiger partial charge in [-0.3, -0.25) is 14.9 Å². The lowest BCUT2D eigenvalue weighted by Gasteiger charge is -2.10. The first-order valence-electron chi connectivity index (χ1n) is 9.91. The summed E-state index contributed by atoms with van der Waals surface area (Å²) < 4.78 is 0.814. The van der Waals surface area contributed by atoms with Gasteiger partial charge in [-0.25, -0.2) is 9.97 Å². The van der Waals surface area contributed by atoms with Crippen LogP contribution in [0.3, 0.4) is 0 Å². The molecule has 0 saturated heterocycles. The molecule has 0 atom stereocenters. The average molecular weight is 444 g/mol. The van der Waals surface area contributed by atoms with E-state index in [4.69, 9.17) is 0 Å². The van der Waals surface area contributed by atoms with Crippen molar-refractivity contribution in [3.63, 3.8) is 0 Å². The Morgan fingerprint density at radius 1 is 1.15 bits per heavy atom. The molecular formula is C23H20N6O4. The van der Waals surface area contributed by atoms with Gasteiger partial charge in [0.2, 0.25) is 5.91 Å². The van der Waals surface area contributed by atoms with E-state index in [1.165, 1.54) is 24.3 Å². The average Bonchev–Trinajstić information content (AvgIpc) is 3.14. The Morgan fingerprint density at radius 3 is 2.55 bits per heavy atom. The summed E-state index contributed by atoms with van der Waals surface area (Å²) in [5, 5.41) is 24.2. The summed E-state index contributed by atoms with van der Waals surface area (Å²) in [7, 11) is 3.80. The summed E-state index contributed by atoms with van der Waals surface area (Å²) in [5.74, 6) is 0.754. The molecular weight excluding hydrogens is 424 g/mol. The summed E-state index contributed by atoms with van der Waals surface area (Å²) in [5.41, 5.74) is 2.46. The van der Waals surface area contributed by atoms with Crippen LogP contribution in [0.15, 0.2) is 66.9 Å². The molecule has 4 rings (SSSR count). The molecule has 2 heterocycles. The lowest BCUT2D eigenvalue weighted by atomic mass is 10.2. The van der Waals surface area contributed by atoms with Crippen molar-refractivity contribution < 1.29 is 14.9 Å². The molecule has 0 unspecified atom stereocenters. The number of hydrogen-bond donors (Lipinski definition) is 2. The molecule has 0 bridgehead atoms. The lowest BCUT2D eigenvalue weighted by Crippen LogP contribution is -2.10. The van der Waals surface area contributed by atoms with Crippen LogP contribution in [0, 0.1) is 10.1 Å². The van der Waals surface area contributed by atoms with Crippen LogP contribution in [0.1, 0.15) is 5.56 Å². The third kappa shape index (κ3) is 4.64. The molecule has 0 aliphatic carbocycles. The number of carbonyl (C=O) groups excluding carboxylic acids is 1. The van der Waals surface area contributed by atoms with E-state index in [2.05, 4.69) is 15.3 Å². The molecule has 10 nitrogen and oxygen atoms in total. The highest BCUT2D eigenvalue weighted by atomic mass is 16.6. The van der Waals surface area contributed by atoms with Crippen molar-refractivity contribution in [1.82, 2.24) is 14.7 Å². The third-order valence-electron chi connectivity index (χ3n) is 4.89. The fourth-order valence-corrected chi connectivity index (χ4v) is 3.17. The second-order valence-electron chi connectivity index (χ2n) is 7.42. The molecule has 166 valence electrons. The standard InChI is InChI=1S/C23H20N6O4/c1-27(2)21-11-3-15(14-24-21)4-12-22(30)25-17-7-5-16(6-8-17)23-26-19-10-9-18(29(32)33)13-20(19)28(23)31/h3-14,31H,1-2H3,(H,25,30)/b12-4+. The summed E-state index contributed by atoms with van der Waals surface area (Å²) in [6.07, 6.45) is 4.77. The van der Waals surface area contributed by atoms with Crippen molar-refractivity contribution in [1.29, 1.82) is 0 Å². The van der Waals surface area contributed by atoms with Crippen LogP contribution in [0.2, 0.25) is 0 Å². The molecule has 0 radical (unpaired) electrons. The number of hydrogen-bond acceptors (Lipinski definition) is 7.